The number of nitrogens with one attached hydrogen (secondary N) is 1. The Kier molecular flexibility index (Phi) is 4.00. The summed E-state index contributed by atoms with van der Waals surface area (Å²) in [5, 5.41) is 3.08. The van der Waals surface area contributed by atoms with Crippen LogP contribution in [0.2, 0.25) is 0 Å². The molecule has 1 aliphatic carbocycles. The number of benzene rings is 1. The Morgan fingerprint density at radius 2 is 2.06 bits per heavy atom. The minimum absolute atomic E-state index is 0.0775. The molecule has 1 aromatic carbocycles. The van der Waals surface area contributed by atoms with Crippen LogP contribution < -0.4 is 5.32 Å². The molecule has 0 aliphatic heterocycles. The first-order valence-electron chi connectivity index (χ1n) is 6.65. The molecule has 3 heteroatoms. The van der Waals surface area contributed by atoms with Gasteiger partial charge in [0.25, 0.3) is 5.91 Å². The van der Waals surface area contributed by atoms with E-state index >= 15 is 0 Å². The van der Waals surface area contributed by atoms with Crippen molar-refractivity contribution in [1.82, 2.24) is 5.32 Å². The Balaban J connectivity index is 2.07. The van der Waals surface area contributed by atoms with Crippen molar-refractivity contribution in [3.63, 3.8) is 0 Å². The van der Waals surface area contributed by atoms with Crippen LogP contribution in [0.25, 0.3) is 0 Å². The highest BCUT2D eigenvalue weighted by Gasteiger charge is 2.23. The average molecular weight is 249 g/mol. The van der Waals surface area contributed by atoms with E-state index in [-0.39, 0.29) is 17.8 Å². The van der Waals surface area contributed by atoms with Crippen molar-refractivity contribution in [2.75, 3.05) is 0 Å². The molecular formula is C15H20FNO. The van der Waals surface area contributed by atoms with E-state index in [0.717, 1.165) is 6.42 Å². The molecule has 1 saturated carbocycles. The zero-order chi connectivity index (χ0) is 13.1. The molecular weight excluding hydrogens is 229 g/mol. The van der Waals surface area contributed by atoms with E-state index < -0.39 is 0 Å². The number of halogens is 1. The van der Waals surface area contributed by atoms with Gasteiger partial charge < -0.3 is 5.32 Å². The lowest BCUT2D eigenvalue weighted by Gasteiger charge is -2.29. The fourth-order valence-corrected chi connectivity index (χ4v) is 2.66. The van der Waals surface area contributed by atoms with Crippen LogP contribution in [0.4, 0.5) is 4.39 Å². The van der Waals surface area contributed by atoms with E-state index in [9.17, 15) is 9.18 Å². The average Bonchev–Trinajstić information content (AvgIpc) is 2.32. The summed E-state index contributed by atoms with van der Waals surface area (Å²) in [5.41, 5.74) is 1.27. The van der Waals surface area contributed by atoms with Crippen LogP contribution in [-0.4, -0.2) is 11.9 Å². The van der Waals surface area contributed by atoms with Crippen molar-refractivity contribution in [2.45, 2.75) is 45.6 Å². The van der Waals surface area contributed by atoms with Gasteiger partial charge in [-0.05, 0) is 49.4 Å². The summed E-state index contributed by atoms with van der Waals surface area (Å²) in [5.74, 6) is 0.157. The summed E-state index contributed by atoms with van der Waals surface area (Å²) in [6, 6.07) is 4.56. The maximum atomic E-state index is 13.0. The van der Waals surface area contributed by atoms with Crippen molar-refractivity contribution < 1.29 is 9.18 Å². The van der Waals surface area contributed by atoms with Crippen LogP contribution in [0.3, 0.4) is 0 Å². The highest BCUT2D eigenvalue weighted by molar-refractivity contribution is 5.95. The van der Waals surface area contributed by atoms with Gasteiger partial charge in [-0.3, -0.25) is 4.79 Å². The number of rotatable bonds is 2. The molecule has 0 radical (unpaired) electrons. The third-order valence-corrected chi connectivity index (χ3v) is 3.86. The molecule has 98 valence electrons. The minimum atomic E-state index is -0.296. The van der Waals surface area contributed by atoms with Gasteiger partial charge in [0.15, 0.2) is 0 Å². The predicted octanol–water partition coefficient (Wildman–Crippen LogP) is 3.44. The monoisotopic (exact) mass is 249 g/mol. The van der Waals surface area contributed by atoms with Crippen molar-refractivity contribution >= 4 is 5.91 Å². The van der Waals surface area contributed by atoms with Crippen LogP contribution >= 0.6 is 0 Å². The van der Waals surface area contributed by atoms with Crippen molar-refractivity contribution in [3.05, 3.63) is 35.1 Å². The molecule has 0 bridgehead atoms. The standard InChI is InChI=1S/C15H20FNO/c1-10-5-3-4-6-14(10)17-15(18)13-8-7-12(16)9-11(13)2/h7-10,14H,3-6H2,1-2H3,(H,17,18). The van der Waals surface area contributed by atoms with Crippen molar-refractivity contribution in [1.29, 1.82) is 0 Å². The molecule has 1 fully saturated rings. The minimum Gasteiger partial charge on any atom is -0.349 e. The highest BCUT2D eigenvalue weighted by Crippen LogP contribution is 2.24. The lowest BCUT2D eigenvalue weighted by Crippen LogP contribution is -2.41. The molecule has 0 heterocycles. The Hall–Kier alpha value is -1.38. The summed E-state index contributed by atoms with van der Waals surface area (Å²) in [6.45, 7) is 3.95. The molecule has 18 heavy (non-hydrogen) atoms. The normalized spacial score (nSPS) is 23.7. The summed E-state index contributed by atoms with van der Waals surface area (Å²) < 4.78 is 13.0. The molecule has 1 aromatic rings. The molecule has 1 aliphatic rings. The second-order valence-corrected chi connectivity index (χ2v) is 5.30. The number of amides is 1. The lowest BCUT2D eigenvalue weighted by atomic mass is 9.86. The van der Waals surface area contributed by atoms with Crippen LogP contribution in [0.5, 0.6) is 0 Å². The molecule has 1 amide bonds. The molecule has 2 atom stereocenters. The van der Waals surface area contributed by atoms with E-state index in [1.54, 1.807) is 13.0 Å². The summed E-state index contributed by atoms with van der Waals surface area (Å²) in [7, 11) is 0. The SMILES string of the molecule is Cc1cc(F)ccc1C(=O)NC1CCCCC1C. The number of carbonyl (C=O) groups excluding carboxylic acids is 1. The van der Waals surface area contributed by atoms with Gasteiger partial charge in [-0.15, -0.1) is 0 Å². The van der Waals surface area contributed by atoms with Crippen molar-refractivity contribution in [3.8, 4) is 0 Å². The van der Waals surface area contributed by atoms with Gasteiger partial charge in [0.05, 0.1) is 0 Å². The highest BCUT2D eigenvalue weighted by atomic mass is 19.1. The number of hydrogen-bond acceptors (Lipinski definition) is 1. The van der Waals surface area contributed by atoms with Gasteiger partial charge in [-0.2, -0.15) is 0 Å². The third-order valence-electron chi connectivity index (χ3n) is 3.86. The molecule has 2 nitrogen and oxygen atoms in total. The zero-order valence-electron chi connectivity index (χ0n) is 11.0. The van der Waals surface area contributed by atoms with E-state index in [2.05, 4.69) is 12.2 Å². The van der Waals surface area contributed by atoms with Crippen molar-refractivity contribution in [2.24, 2.45) is 5.92 Å². The number of hydrogen-bond donors (Lipinski definition) is 1. The van der Waals surface area contributed by atoms with Crippen LogP contribution in [0.15, 0.2) is 18.2 Å². The van der Waals surface area contributed by atoms with Gasteiger partial charge in [-0.25, -0.2) is 4.39 Å². The molecule has 0 saturated heterocycles. The molecule has 2 rings (SSSR count). The maximum Gasteiger partial charge on any atom is 0.251 e. The summed E-state index contributed by atoms with van der Waals surface area (Å²) >= 11 is 0. The molecule has 1 N–H and O–H groups in total. The Bertz CT molecular complexity index is 444. The van der Waals surface area contributed by atoms with Gasteiger partial charge >= 0.3 is 0 Å². The van der Waals surface area contributed by atoms with Crippen LogP contribution in [0.1, 0.15) is 48.5 Å². The molecule has 2 unspecified atom stereocenters. The second kappa shape index (κ2) is 5.51. The van der Waals surface area contributed by atoms with Gasteiger partial charge in [-0.1, -0.05) is 19.8 Å². The number of aryl methyl sites for hydroxylation is 1. The summed E-state index contributed by atoms with van der Waals surface area (Å²) in [6.07, 6.45) is 4.65. The fraction of sp³-hybridized carbons (Fsp3) is 0.533. The second-order valence-electron chi connectivity index (χ2n) is 5.30. The predicted molar refractivity (Wildman–Crippen MR) is 70.0 cm³/mol. The zero-order valence-corrected chi connectivity index (χ0v) is 11.0. The Morgan fingerprint density at radius 1 is 1.33 bits per heavy atom. The van der Waals surface area contributed by atoms with Crippen LogP contribution in [-0.2, 0) is 0 Å². The van der Waals surface area contributed by atoms with Crippen LogP contribution in [0, 0.1) is 18.7 Å². The molecule has 0 spiro atoms. The first-order chi connectivity index (χ1) is 8.58. The van der Waals surface area contributed by atoms with Gasteiger partial charge in [0.2, 0.25) is 0 Å². The largest absolute Gasteiger partial charge is 0.349 e. The Morgan fingerprint density at radius 3 is 2.72 bits per heavy atom. The topological polar surface area (TPSA) is 29.1 Å². The third kappa shape index (κ3) is 2.89. The van der Waals surface area contributed by atoms with E-state index in [0.29, 0.717) is 17.0 Å². The van der Waals surface area contributed by atoms with Gasteiger partial charge in [0.1, 0.15) is 5.82 Å². The van der Waals surface area contributed by atoms with Gasteiger partial charge in [0, 0.05) is 11.6 Å². The summed E-state index contributed by atoms with van der Waals surface area (Å²) in [4.78, 5) is 12.2. The maximum absolute atomic E-state index is 13.0. The van der Waals surface area contributed by atoms with E-state index in [1.165, 1.54) is 31.4 Å². The molecule has 0 aromatic heterocycles. The first kappa shape index (κ1) is 13.1. The number of carbonyl (C=O) groups is 1. The lowest BCUT2D eigenvalue weighted by molar-refractivity contribution is 0.0909. The fourth-order valence-electron chi connectivity index (χ4n) is 2.66. The first-order valence-corrected chi connectivity index (χ1v) is 6.65. The van der Waals surface area contributed by atoms with E-state index in [1.807, 2.05) is 0 Å². The smallest absolute Gasteiger partial charge is 0.251 e. The Labute approximate surface area is 108 Å². The van der Waals surface area contributed by atoms with E-state index in [4.69, 9.17) is 0 Å². The quantitative estimate of drug-likeness (QED) is 0.854.